The fourth-order valence-electron chi connectivity index (χ4n) is 3.45. The van der Waals surface area contributed by atoms with Crippen LogP contribution in [0.15, 0.2) is 48.5 Å². The lowest BCUT2D eigenvalue weighted by molar-refractivity contribution is -0.121. The first-order valence-electron chi connectivity index (χ1n) is 8.97. The van der Waals surface area contributed by atoms with Gasteiger partial charge in [-0.25, -0.2) is 4.39 Å². The largest absolute Gasteiger partial charge is 0.367 e. The molecule has 1 fully saturated rings. The summed E-state index contributed by atoms with van der Waals surface area (Å²) in [6, 6.07) is 15.8. The molecule has 2 aromatic carbocycles. The molecule has 0 saturated carbocycles. The van der Waals surface area contributed by atoms with Gasteiger partial charge in [-0.05, 0) is 55.5 Å². The lowest BCUT2D eigenvalue weighted by Gasteiger charge is -2.27. The normalized spacial score (nSPS) is 16.9. The first-order chi connectivity index (χ1) is 12.1. The molecule has 1 heterocycles. The minimum absolute atomic E-state index is 0.0573. The molecule has 132 valence electrons. The SMILES string of the molecule is Cc1cc(CCC(=O)NCC2CCCN2c2ccccc2)ccc1F. The topological polar surface area (TPSA) is 32.3 Å². The summed E-state index contributed by atoms with van der Waals surface area (Å²) in [7, 11) is 0. The number of carbonyl (C=O) groups excluding carboxylic acids is 1. The number of amides is 1. The van der Waals surface area contributed by atoms with E-state index in [9.17, 15) is 9.18 Å². The van der Waals surface area contributed by atoms with Crippen LogP contribution in [-0.2, 0) is 11.2 Å². The number of hydrogen-bond acceptors (Lipinski definition) is 2. The van der Waals surface area contributed by atoms with Crippen LogP contribution in [0, 0.1) is 12.7 Å². The Morgan fingerprint density at radius 1 is 1.24 bits per heavy atom. The van der Waals surface area contributed by atoms with Gasteiger partial charge in [0.2, 0.25) is 5.91 Å². The first-order valence-corrected chi connectivity index (χ1v) is 8.97. The van der Waals surface area contributed by atoms with Crippen molar-refractivity contribution in [3.63, 3.8) is 0 Å². The Morgan fingerprint density at radius 2 is 2.04 bits per heavy atom. The number of aryl methyl sites for hydroxylation is 2. The van der Waals surface area contributed by atoms with Gasteiger partial charge in [-0.2, -0.15) is 0 Å². The van der Waals surface area contributed by atoms with Gasteiger partial charge in [-0.1, -0.05) is 30.3 Å². The zero-order valence-electron chi connectivity index (χ0n) is 14.7. The van der Waals surface area contributed by atoms with E-state index in [0.29, 0.717) is 31.0 Å². The third-order valence-electron chi connectivity index (χ3n) is 4.86. The number of halogens is 1. The number of rotatable bonds is 6. The summed E-state index contributed by atoms with van der Waals surface area (Å²) in [4.78, 5) is 14.5. The third-order valence-corrected chi connectivity index (χ3v) is 4.86. The van der Waals surface area contributed by atoms with Gasteiger partial charge in [0.05, 0.1) is 0 Å². The number of anilines is 1. The van der Waals surface area contributed by atoms with E-state index in [4.69, 9.17) is 0 Å². The van der Waals surface area contributed by atoms with Crippen molar-refractivity contribution < 1.29 is 9.18 Å². The van der Waals surface area contributed by atoms with Gasteiger partial charge >= 0.3 is 0 Å². The summed E-state index contributed by atoms with van der Waals surface area (Å²) in [5.74, 6) is -0.141. The van der Waals surface area contributed by atoms with E-state index in [1.165, 1.54) is 11.8 Å². The summed E-state index contributed by atoms with van der Waals surface area (Å²) >= 11 is 0. The molecule has 0 bridgehead atoms. The monoisotopic (exact) mass is 340 g/mol. The Balaban J connectivity index is 1.47. The number of nitrogens with one attached hydrogen (secondary N) is 1. The Bertz CT molecular complexity index is 717. The van der Waals surface area contributed by atoms with Crippen molar-refractivity contribution in [1.82, 2.24) is 5.32 Å². The highest BCUT2D eigenvalue weighted by molar-refractivity contribution is 5.76. The second-order valence-electron chi connectivity index (χ2n) is 6.71. The maximum atomic E-state index is 13.3. The molecule has 1 N–H and O–H groups in total. The second kappa shape index (κ2) is 8.15. The van der Waals surface area contributed by atoms with Crippen LogP contribution in [0.2, 0.25) is 0 Å². The smallest absolute Gasteiger partial charge is 0.220 e. The van der Waals surface area contributed by atoms with E-state index in [2.05, 4.69) is 22.3 Å². The molecule has 2 aromatic rings. The average molecular weight is 340 g/mol. The highest BCUT2D eigenvalue weighted by Crippen LogP contribution is 2.24. The molecule has 0 aromatic heterocycles. The number of benzene rings is 2. The van der Waals surface area contributed by atoms with E-state index in [1.807, 2.05) is 24.3 Å². The van der Waals surface area contributed by atoms with Gasteiger partial charge in [0.25, 0.3) is 0 Å². The molecule has 1 amide bonds. The number of nitrogens with zero attached hydrogens (tertiary/aromatic N) is 1. The predicted octanol–water partition coefficient (Wildman–Crippen LogP) is 3.85. The molecule has 1 unspecified atom stereocenters. The summed E-state index contributed by atoms with van der Waals surface area (Å²) in [5.41, 5.74) is 2.85. The zero-order valence-corrected chi connectivity index (χ0v) is 14.7. The first kappa shape index (κ1) is 17.5. The molecule has 1 atom stereocenters. The highest BCUT2D eigenvalue weighted by Gasteiger charge is 2.24. The van der Waals surface area contributed by atoms with Gasteiger partial charge < -0.3 is 10.2 Å². The molecule has 3 nitrogen and oxygen atoms in total. The lowest BCUT2D eigenvalue weighted by atomic mass is 10.1. The van der Waals surface area contributed by atoms with Crippen LogP contribution in [0.4, 0.5) is 10.1 Å². The summed E-state index contributed by atoms with van der Waals surface area (Å²) in [6.45, 7) is 3.47. The van der Waals surface area contributed by atoms with Crippen molar-refractivity contribution in [1.29, 1.82) is 0 Å². The summed E-state index contributed by atoms with van der Waals surface area (Å²) in [6.07, 6.45) is 3.33. The van der Waals surface area contributed by atoms with E-state index in [0.717, 1.165) is 24.9 Å². The maximum Gasteiger partial charge on any atom is 0.220 e. The van der Waals surface area contributed by atoms with Crippen molar-refractivity contribution >= 4 is 11.6 Å². The number of carbonyl (C=O) groups is 1. The molecule has 0 spiro atoms. The minimum atomic E-state index is -0.199. The third kappa shape index (κ3) is 4.59. The molecule has 1 aliphatic heterocycles. The molecular formula is C21H25FN2O. The van der Waals surface area contributed by atoms with Gasteiger partial charge in [-0.15, -0.1) is 0 Å². The molecular weight excluding hydrogens is 315 g/mol. The molecule has 4 heteroatoms. The van der Waals surface area contributed by atoms with E-state index < -0.39 is 0 Å². The molecule has 0 radical (unpaired) electrons. The Hall–Kier alpha value is -2.36. The van der Waals surface area contributed by atoms with Crippen LogP contribution < -0.4 is 10.2 Å². The van der Waals surface area contributed by atoms with Crippen LogP contribution in [-0.4, -0.2) is 25.0 Å². The Kier molecular flexibility index (Phi) is 5.69. The molecule has 1 saturated heterocycles. The van der Waals surface area contributed by atoms with E-state index >= 15 is 0 Å². The fraction of sp³-hybridized carbons (Fsp3) is 0.381. The van der Waals surface area contributed by atoms with Crippen molar-refractivity contribution in [2.24, 2.45) is 0 Å². The lowest BCUT2D eigenvalue weighted by Crippen LogP contribution is -2.40. The molecule has 3 rings (SSSR count). The average Bonchev–Trinajstić information content (AvgIpc) is 3.10. The predicted molar refractivity (Wildman–Crippen MR) is 99.3 cm³/mol. The van der Waals surface area contributed by atoms with E-state index in [1.54, 1.807) is 13.0 Å². The number of hydrogen-bond donors (Lipinski definition) is 1. The molecule has 0 aliphatic carbocycles. The Morgan fingerprint density at radius 3 is 2.80 bits per heavy atom. The van der Waals surface area contributed by atoms with Gasteiger partial charge in [0, 0.05) is 31.2 Å². The Labute approximate surface area is 148 Å². The fourth-order valence-corrected chi connectivity index (χ4v) is 3.45. The summed E-state index contributed by atoms with van der Waals surface area (Å²) < 4.78 is 13.3. The van der Waals surface area contributed by atoms with Crippen LogP contribution in [0.5, 0.6) is 0 Å². The minimum Gasteiger partial charge on any atom is -0.367 e. The van der Waals surface area contributed by atoms with Crippen molar-refractivity contribution in [3.8, 4) is 0 Å². The van der Waals surface area contributed by atoms with Crippen molar-refractivity contribution in [3.05, 3.63) is 65.5 Å². The van der Waals surface area contributed by atoms with Crippen molar-refractivity contribution in [2.45, 2.75) is 38.6 Å². The summed E-state index contributed by atoms with van der Waals surface area (Å²) in [5, 5.41) is 3.07. The highest BCUT2D eigenvalue weighted by atomic mass is 19.1. The van der Waals surface area contributed by atoms with Gasteiger partial charge in [-0.3, -0.25) is 4.79 Å². The standard InChI is InChI=1S/C21H25FN2O/c1-16-14-17(9-11-20(16)22)10-12-21(25)23-15-19-8-5-13-24(19)18-6-3-2-4-7-18/h2-4,6-7,9,11,14,19H,5,8,10,12-13,15H2,1H3,(H,23,25). The van der Waals surface area contributed by atoms with Gasteiger partial charge in [0.15, 0.2) is 0 Å². The number of para-hydroxylation sites is 1. The second-order valence-corrected chi connectivity index (χ2v) is 6.71. The van der Waals surface area contributed by atoms with Crippen LogP contribution in [0.1, 0.15) is 30.4 Å². The van der Waals surface area contributed by atoms with E-state index in [-0.39, 0.29) is 11.7 Å². The van der Waals surface area contributed by atoms with Crippen molar-refractivity contribution in [2.75, 3.05) is 18.0 Å². The van der Waals surface area contributed by atoms with Crippen LogP contribution in [0.25, 0.3) is 0 Å². The molecule has 25 heavy (non-hydrogen) atoms. The maximum absolute atomic E-state index is 13.3. The quantitative estimate of drug-likeness (QED) is 0.866. The zero-order chi connectivity index (χ0) is 17.6. The van der Waals surface area contributed by atoms with Gasteiger partial charge in [0.1, 0.15) is 5.82 Å². The molecule has 1 aliphatic rings. The van der Waals surface area contributed by atoms with Crippen LogP contribution >= 0.6 is 0 Å². The van der Waals surface area contributed by atoms with Crippen LogP contribution in [0.3, 0.4) is 0 Å².